The summed E-state index contributed by atoms with van der Waals surface area (Å²) in [4.78, 5) is 8.85. The molecule has 2 N–H and O–H groups in total. The van der Waals surface area contributed by atoms with Crippen LogP contribution in [0.2, 0.25) is 0 Å². The molecule has 0 radical (unpaired) electrons. The van der Waals surface area contributed by atoms with E-state index < -0.39 is 5.54 Å². The Balaban J connectivity index is 1.52. The molecule has 1 aliphatic carbocycles. The van der Waals surface area contributed by atoms with Crippen LogP contribution in [0.15, 0.2) is 22.7 Å². The van der Waals surface area contributed by atoms with Crippen LogP contribution < -0.4 is 10.6 Å². The maximum absolute atomic E-state index is 14.6. The van der Waals surface area contributed by atoms with Crippen LogP contribution in [0, 0.1) is 5.82 Å². The van der Waals surface area contributed by atoms with Gasteiger partial charge in [0.05, 0.1) is 11.2 Å². The van der Waals surface area contributed by atoms with Crippen LogP contribution in [-0.4, -0.2) is 47.8 Å². The fourth-order valence-corrected chi connectivity index (χ4v) is 3.53. The number of likely N-dealkylation sites (N-methyl/N-ethyl adjacent to an activating group) is 1. The van der Waals surface area contributed by atoms with E-state index in [1.54, 1.807) is 6.07 Å². The summed E-state index contributed by atoms with van der Waals surface area (Å²) in [6, 6.07) is 5.12. The van der Waals surface area contributed by atoms with Gasteiger partial charge in [-0.3, -0.25) is 0 Å². The number of nitrogens with two attached hydrogens (primary N) is 1. The molecular weight excluding hydrogens is 321 g/mol. The SMILES string of the molecule is CCN1CCN(c2ccc(-c3nc(C4(N)CCC4)no3)cc2F)CC1. The van der Waals surface area contributed by atoms with Crippen molar-refractivity contribution in [2.45, 2.75) is 31.7 Å². The van der Waals surface area contributed by atoms with Gasteiger partial charge in [-0.25, -0.2) is 4.39 Å². The maximum Gasteiger partial charge on any atom is 0.258 e. The number of hydrogen-bond donors (Lipinski definition) is 1. The van der Waals surface area contributed by atoms with Crippen LogP contribution >= 0.6 is 0 Å². The van der Waals surface area contributed by atoms with Crippen molar-refractivity contribution >= 4 is 5.69 Å². The van der Waals surface area contributed by atoms with E-state index in [4.69, 9.17) is 10.3 Å². The molecule has 134 valence electrons. The fourth-order valence-electron chi connectivity index (χ4n) is 3.53. The topological polar surface area (TPSA) is 71.4 Å². The predicted molar refractivity (Wildman–Crippen MR) is 93.7 cm³/mol. The molecule has 1 aromatic carbocycles. The van der Waals surface area contributed by atoms with Gasteiger partial charge in [0.1, 0.15) is 5.82 Å². The van der Waals surface area contributed by atoms with Gasteiger partial charge >= 0.3 is 0 Å². The molecule has 0 bridgehead atoms. The van der Waals surface area contributed by atoms with Crippen molar-refractivity contribution in [2.75, 3.05) is 37.6 Å². The second-order valence-electron chi connectivity index (χ2n) is 7.02. The second kappa shape index (κ2) is 6.38. The molecule has 0 unspecified atom stereocenters. The zero-order valence-electron chi connectivity index (χ0n) is 14.5. The van der Waals surface area contributed by atoms with E-state index in [2.05, 4.69) is 26.9 Å². The summed E-state index contributed by atoms with van der Waals surface area (Å²) in [5.41, 5.74) is 6.97. The lowest BCUT2D eigenvalue weighted by Gasteiger charge is -2.35. The van der Waals surface area contributed by atoms with Gasteiger partial charge in [-0.15, -0.1) is 0 Å². The minimum Gasteiger partial charge on any atom is -0.367 e. The van der Waals surface area contributed by atoms with Crippen molar-refractivity contribution in [3.63, 3.8) is 0 Å². The predicted octanol–water partition coefficient (Wildman–Crippen LogP) is 2.36. The highest BCUT2D eigenvalue weighted by atomic mass is 19.1. The third kappa shape index (κ3) is 3.02. The molecule has 2 aliphatic rings. The van der Waals surface area contributed by atoms with E-state index in [9.17, 15) is 4.39 Å². The van der Waals surface area contributed by atoms with E-state index in [1.807, 2.05) is 6.07 Å². The van der Waals surface area contributed by atoms with Crippen LogP contribution in [-0.2, 0) is 5.54 Å². The minimum absolute atomic E-state index is 0.256. The standard InChI is InChI=1S/C18H24FN5O/c1-2-23-8-10-24(11-9-23)15-5-4-13(12-14(15)19)16-21-17(22-25-16)18(20)6-3-7-18/h4-5,12H,2-3,6-11,20H2,1H3. The van der Waals surface area contributed by atoms with Gasteiger partial charge in [-0.05, 0) is 44.0 Å². The summed E-state index contributed by atoms with van der Waals surface area (Å²) < 4.78 is 20.0. The number of anilines is 1. The van der Waals surface area contributed by atoms with Gasteiger partial charge in [-0.1, -0.05) is 12.1 Å². The maximum atomic E-state index is 14.6. The zero-order valence-corrected chi connectivity index (χ0v) is 14.5. The molecular formula is C18H24FN5O. The van der Waals surface area contributed by atoms with Gasteiger partial charge in [0, 0.05) is 31.7 Å². The lowest BCUT2D eigenvalue weighted by molar-refractivity contribution is 0.229. The van der Waals surface area contributed by atoms with Gasteiger partial charge in [0.2, 0.25) is 0 Å². The number of halogens is 1. The lowest BCUT2D eigenvalue weighted by Crippen LogP contribution is -2.46. The first-order valence-electron chi connectivity index (χ1n) is 8.99. The lowest BCUT2D eigenvalue weighted by atomic mass is 9.77. The average Bonchev–Trinajstić information content (AvgIpc) is 3.10. The van der Waals surface area contributed by atoms with Crippen molar-refractivity contribution in [3.8, 4) is 11.5 Å². The molecule has 7 heteroatoms. The highest BCUT2D eigenvalue weighted by molar-refractivity contribution is 5.60. The Morgan fingerprint density at radius 3 is 2.60 bits per heavy atom. The second-order valence-corrected chi connectivity index (χ2v) is 7.02. The summed E-state index contributed by atoms with van der Waals surface area (Å²) in [5, 5.41) is 4.00. The molecule has 0 atom stereocenters. The molecule has 1 aromatic heterocycles. The number of piperazine rings is 1. The molecule has 25 heavy (non-hydrogen) atoms. The Hall–Kier alpha value is -1.99. The molecule has 6 nitrogen and oxygen atoms in total. The zero-order chi connectivity index (χ0) is 17.4. The van der Waals surface area contributed by atoms with Crippen LogP contribution in [0.4, 0.5) is 10.1 Å². The molecule has 1 saturated carbocycles. The quantitative estimate of drug-likeness (QED) is 0.917. The Labute approximate surface area is 146 Å². The molecule has 1 aliphatic heterocycles. The van der Waals surface area contributed by atoms with Crippen molar-refractivity contribution in [2.24, 2.45) is 5.73 Å². The Morgan fingerprint density at radius 1 is 1.24 bits per heavy atom. The molecule has 4 rings (SSSR count). The van der Waals surface area contributed by atoms with Gasteiger partial charge < -0.3 is 20.1 Å². The summed E-state index contributed by atoms with van der Waals surface area (Å²) in [6.45, 7) is 6.79. The smallest absolute Gasteiger partial charge is 0.258 e. The van der Waals surface area contributed by atoms with E-state index in [0.717, 1.165) is 52.0 Å². The third-order valence-corrected chi connectivity index (χ3v) is 5.47. The first-order chi connectivity index (χ1) is 12.1. The van der Waals surface area contributed by atoms with Crippen molar-refractivity contribution in [3.05, 3.63) is 29.8 Å². The number of nitrogens with zero attached hydrogens (tertiary/aromatic N) is 4. The molecule has 0 amide bonds. The fraction of sp³-hybridized carbons (Fsp3) is 0.556. The van der Waals surface area contributed by atoms with Crippen molar-refractivity contribution in [1.82, 2.24) is 15.0 Å². The summed E-state index contributed by atoms with van der Waals surface area (Å²) in [7, 11) is 0. The Bertz CT molecular complexity index is 750. The highest BCUT2D eigenvalue weighted by Crippen LogP contribution is 2.38. The first-order valence-corrected chi connectivity index (χ1v) is 8.99. The van der Waals surface area contributed by atoms with Gasteiger partial charge in [-0.2, -0.15) is 4.98 Å². The number of aromatic nitrogens is 2. The third-order valence-electron chi connectivity index (χ3n) is 5.47. The average molecular weight is 345 g/mol. The number of rotatable bonds is 4. The largest absolute Gasteiger partial charge is 0.367 e. The first kappa shape index (κ1) is 16.5. The van der Waals surface area contributed by atoms with Crippen LogP contribution in [0.1, 0.15) is 32.0 Å². The summed E-state index contributed by atoms with van der Waals surface area (Å²) >= 11 is 0. The van der Waals surface area contributed by atoms with Crippen LogP contribution in [0.5, 0.6) is 0 Å². The van der Waals surface area contributed by atoms with E-state index in [0.29, 0.717) is 23.0 Å². The molecule has 2 fully saturated rings. The van der Waals surface area contributed by atoms with E-state index in [1.165, 1.54) is 6.07 Å². The monoisotopic (exact) mass is 345 g/mol. The van der Waals surface area contributed by atoms with Crippen LogP contribution in [0.3, 0.4) is 0 Å². The number of benzene rings is 1. The minimum atomic E-state index is -0.473. The van der Waals surface area contributed by atoms with E-state index in [-0.39, 0.29) is 5.82 Å². The molecule has 0 spiro atoms. The number of hydrogen-bond acceptors (Lipinski definition) is 6. The Kier molecular flexibility index (Phi) is 4.21. The highest BCUT2D eigenvalue weighted by Gasteiger charge is 2.39. The van der Waals surface area contributed by atoms with Crippen molar-refractivity contribution < 1.29 is 8.91 Å². The van der Waals surface area contributed by atoms with Crippen LogP contribution in [0.25, 0.3) is 11.5 Å². The van der Waals surface area contributed by atoms with Crippen molar-refractivity contribution in [1.29, 1.82) is 0 Å². The molecule has 1 saturated heterocycles. The molecule has 2 aromatic rings. The normalized spacial score (nSPS) is 20.5. The Morgan fingerprint density at radius 2 is 2.00 bits per heavy atom. The van der Waals surface area contributed by atoms with Gasteiger partial charge in [0.15, 0.2) is 5.82 Å². The van der Waals surface area contributed by atoms with Gasteiger partial charge in [0.25, 0.3) is 5.89 Å². The molecule has 2 heterocycles. The summed E-state index contributed by atoms with van der Waals surface area (Å²) in [6.07, 6.45) is 2.81. The summed E-state index contributed by atoms with van der Waals surface area (Å²) in [5.74, 6) is 0.593. The van der Waals surface area contributed by atoms with E-state index >= 15 is 0 Å².